The summed E-state index contributed by atoms with van der Waals surface area (Å²) < 4.78 is 0. The van der Waals surface area contributed by atoms with Crippen molar-refractivity contribution in [2.24, 2.45) is 0 Å². The van der Waals surface area contributed by atoms with Crippen LogP contribution in [-0.4, -0.2) is 59.3 Å². The van der Waals surface area contributed by atoms with Crippen LogP contribution in [-0.2, 0) is 0 Å². The molecule has 2 heterocycles. The van der Waals surface area contributed by atoms with E-state index in [0.717, 1.165) is 42.9 Å². The fourth-order valence-corrected chi connectivity index (χ4v) is 4.95. The SMILES string of the molecule is C#Cc1nc(NC(=O)N2CCN(c3ccc(-c4ccccc4)cc3NC3CC(O)C3)CC2)cs1. The number of terminal acetylenes is 1. The topological polar surface area (TPSA) is 80.7 Å². The monoisotopic (exact) mass is 473 g/mol. The second kappa shape index (κ2) is 9.75. The molecule has 0 atom stereocenters. The van der Waals surface area contributed by atoms with Gasteiger partial charge < -0.3 is 20.2 Å². The van der Waals surface area contributed by atoms with E-state index in [9.17, 15) is 9.90 Å². The molecular formula is C26H27N5O2S. The number of thiazole rings is 1. The summed E-state index contributed by atoms with van der Waals surface area (Å²) >= 11 is 1.34. The first-order chi connectivity index (χ1) is 16.6. The van der Waals surface area contributed by atoms with E-state index >= 15 is 0 Å². The van der Waals surface area contributed by atoms with E-state index in [1.54, 1.807) is 10.3 Å². The summed E-state index contributed by atoms with van der Waals surface area (Å²) in [6, 6.07) is 16.9. The Balaban J connectivity index is 1.28. The van der Waals surface area contributed by atoms with Gasteiger partial charge in [-0.15, -0.1) is 17.8 Å². The Morgan fingerprint density at radius 2 is 1.85 bits per heavy atom. The highest BCUT2D eigenvalue weighted by molar-refractivity contribution is 7.10. The summed E-state index contributed by atoms with van der Waals surface area (Å²) in [5.74, 6) is 2.98. The lowest BCUT2D eigenvalue weighted by atomic mass is 9.89. The van der Waals surface area contributed by atoms with E-state index < -0.39 is 0 Å². The van der Waals surface area contributed by atoms with Crippen LogP contribution < -0.4 is 15.5 Å². The lowest BCUT2D eigenvalue weighted by Crippen LogP contribution is -2.50. The van der Waals surface area contributed by atoms with Crippen LogP contribution in [0.1, 0.15) is 17.8 Å². The number of benzene rings is 2. The van der Waals surface area contributed by atoms with Crippen molar-refractivity contribution in [3.05, 3.63) is 58.9 Å². The van der Waals surface area contributed by atoms with Crippen LogP contribution in [0.25, 0.3) is 11.1 Å². The van der Waals surface area contributed by atoms with E-state index in [1.807, 2.05) is 18.2 Å². The first-order valence-electron chi connectivity index (χ1n) is 11.5. The maximum atomic E-state index is 12.7. The van der Waals surface area contributed by atoms with Crippen molar-refractivity contribution in [3.8, 4) is 23.5 Å². The lowest BCUT2D eigenvalue weighted by Gasteiger charge is -2.38. The number of nitrogens with one attached hydrogen (secondary N) is 2. The van der Waals surface area contributed by atoms with Gasteiger partial charge in [0.05, 0.1) is 17.5 Å². The van der Waals surface area contributed by atoms with Crippen LogP contribution in [0.2, 0.25) is 0 Å². The molecule has 0 radical (unpaired) electrons. The zero-order chi connectivity index (χ0) is 23.5. The smallest absolute Gasteiger partial charge is 0.323 e. The number of aliphatic hydroxyl groups is 1. The maximum Gasteiger partial charge on any atom is 0.323 e. The molecule has 1 aliphatic heterocycles. The van der Waals surface area contributed by atoms with Crippen LogP contribution in [0.3, 0.4) is 0 Å². The van der Waals surface area contributed by atoms with Gasteiger partial charge in [-0.05, 0) is 42.0 Å². The van der Waals surface area contributed by atoms with Gasteiger partial charge in [0, 0.05) is 37.6 Å². The molecule has 0 unspecified atom stereocenters. The summed E-state index contributed by atoms with van der Waals surface area (Å²) in [7, 11) is 0. The third-order valence-corrected chi connectivity index (χ3v) is 7.12. The van der Waals surface area contributed by atoms with E-state index in [4.69, 9.17) is 6.42 Å². The second-order valence-electron chi connectivity index (χ2n) is 8.65. The largest absolute Gasteiger partial charge is 0.393 e. The molecule has 2 aliphatic rings. The summed E-state index contributed by atoms with van der Waals surface area (Å²) in [5.41, 5.74) is 4.52. The van der Waals surface area contributed by atoms with Crippen LogP contribution in [0.5, 0.6) is 0 Å². The fourth-order valence-electron chi connectivity index (χ4n) is 4.40. The number of anilines is 3. The number of rotatable bonds is 5. The number of hydrogen-bond acceptors (Lipinski definition) is 6. The van der Waals surface area contributed by atoms with Gasteiger partial charge in [-0.1, -0.05) is 36.4 Å². The van der Waals surface area contributed by atoms with Crippen molar-refractivity contribution in [1.82, 2.24) is 9.88 Å². The number of piperazine rings is 1. The number of nitrogens with zero attached hydrogens (tertiary/aromatic N) is 3. The molecule has 0 bridgehead atoms. The lowest BCUT2D eigenvalue weighted by molar-refractivity contribution is 0.0837. The highest BCUT2D eigenvalue weighted by Gasteiger charge is 2.29. The fraction of sp³-hybridized carbons (Fsp3) is 0.308. The van der Waals surface area contributed by atoms with Crippen LogP contribution in [0.15, 0.2) is 53.9 Å². The minimum atomic E-state index is -0.213. The second-order valence-corrected chi connectivity index (χ2v) is 9.51. The molecule has 1 aromatic heterocycles. The van der Waals surface area contributed by atoms with E-state index in [1.165, 1.54) is 16.9 Å². The van der Waals surface area contributed by atoms with Gasteiger partial charge in [0.1, 0.15) is 5.82 Å². The summed E-state index contributed by atoms with van der Waals surface area (Å²) in [6.45, 7) is 2.68. The third kappa shape index (κ3) is 4.86. The Morgan fingerprint density at radius 1 is 1.09 bits per heavy atom. The number of carbonyl (C=O) groups excluding carboxylic acids is 1. The molecule has 1 saturated heterocycles. The van der Waals surface area contributed by atoms with Crippen molar-refractivity contribution in [3.63, 3.8) is 0 Å². The van der Waals surface area contributed by atoms with Gasteiger partial charge in [-0.2, -0.15) is 0 Å². The van der Waals surface area contributed by atoms with Crippen molar-refractivity contribution in [2.75, 3.05) is 41.7 Å². The average Bonchev–Trinajstić information content (AvgIpc) is 3.31. The first kappa shape index (κ1) is 22.3. The number of urea groups is 1. The Hall–Kier alpha value is -3.54. The van der Waals surface area contributed by atoms with Gasteiger partial charge in [0.2, 0.25) is 0 Å². The van der Waals surface area contributed by atoms with Crippen molar-refractivity contribution >= 4 is 34.6 Å². The standard InChI is InChI=1S/C26H27N5O2S/c1-2-25-28-24(17-34-25)29-26(33)31-12-10-30(11-13-31)23-9-8-19(18-6-4-3-5-7-18)14-22(23)27-20-15-21(32)16-20/h1,3-9,14,17,20-21,27,32H,10-13,15-16H2,(H,29,33). The first-order valence-corrected chi connectivity index (χ1v) is 12.3. The van der Waals surface area contributed by atoms with E-state index in [2.05, 4.69) is 56.8 Å². The molecule has 2 fully saturated rings. The molecule has 1 saturated carbocycles. The van der Waals surface area contributed by atoms with Crippen molar-refractivity contribution < 1.29 is 9.90 Å². The molecular weight excluding hydrogens is 446 g/mol. The number of aliphatic hydroxyl groups excluding tert-OH is 1. The number of carbonyl (C=O) groups is 1. The van der Waals surface area contributed by atoms with Gasteiger partial charge in [0.15, 0.2) is 5.01 Å². The van der Waals surface area contributed by atoms with Gasteiger partial charge in [-0.25, -0.2) is 9.78 Å². The van der Waals surface area contributed by atoms with E-state index in [-0.39, 0.29) is 18.2 Å². The number of amides is 2. The van der Waals surface area contributed by atoms with E-state index in [0.29, 0.717) is 23.9 Å². The molecule has 7 nitrogen and oxygen atoms in total. The molecule has 0 spiro atoms. The number of hydrogen-bond donors (Lipinski definition) is 3. The zero-order valence-electron chi connectivity index (χ0n) is 18.8. The van der Waals surface area contributed by atoms with Gasteiger partial charge >= 0.3 is 6.03 Å². The minimum Gasteiger partial charge on any atom is -0.393 e. The minimum absolute atomic E-state index is 0.158. The normalized spacial score (nSPS) is 19.8. The Bertz CT molecular complexity index is 1190. The highest BCUT2D eigenvalue weighted by Crippen LogP contribution is 2.35. The molecule has 8 heteroatoms. The Morgan fingerprint density at radius 3 is 2.53 bits per heavy atom. The summed E-state index contributed by atoms with van der Waals surface area (Å²) in [4.78, 5) is 21.0. The molecule has 2 aromatic carbocycles. The predicted molar refractivity (Wildman–Crippen MR) is 137 cm³/mol. The van der Waals surface area contributed by atoms with Crippen molar-refractivity contribution in [2.45, 2.75) is 25.0 Å². The summed E-state index contributed by atoms with van der Waals surface area (Å²) in [5, 5.41) is 18.5. The van der Waals surface area contributed by atoms with Crippen LogP contribution in [0, 0.1) is 12.3 Å². The average molecular weight is 474 g/mol. The quantitative estimate of drug-likeness (QED) is 0.487. The Labute approximate surface area is 203 Å². The molecule has 174 valence electrons. The molecule has 3 N–H and O–H groups in total. The molecule has 1 aliphatic carbocycles. The van der Waals surface area contributed by atoms with Gasteiger partial charge in [0.25, 0.3) is 0 Å². The third-order valence-electron chi connectivity index (χ3n) is 6.35. The predicted octanol–water partition coefficient (Wildman–Crippen LogP) is 4.08. The molecule has 3 aromatic rings. The Kier molecular flexibility index (Phi) is 6.39. The molecule has 2 amide bonds. The van der Waals surface area contributed by atoms with Crippen LogP contribution in [0.4, 0.5) is 22.0 Å². The van der Waals surface area contributed by atoms with Crippen LogP contribution >= 0.6 is 11.3 Å². The van der Waals surface area contributed by atoms with Gasteiger partial charge in [-0.3, -0.25) is 5.32 Å². The highest BCUT2D eigenvalue weighted by atomic mass is 32.1. The zero-order valence-corrected chi connectivity index (χ0v) is 19.6. The maximum absolute atomic E-state index is 12.7. The molecule has 34 heavy (non-hydrogen) atoms. The van der Waals surface area contributed by atoms with Crippen molar-refractivity contribution in [1.29, 1.82) is 0 Å². The summed E-state index contributed by atoms with van der Waals surface area (Å²) in [6.07, 6.45) is 6.68. The number of aromatic nitrogens is 1. The molecule has 5 rings (SSSR count).